The lowest BCUT2D eigenvalue weighted by Gasteiger charge is -2.37. The van der Waals surface area contributed by atoms with Crippen molar-refractivity contribution in [1.82, 2.24) is 5.32 Å². The van der Waals surface area contributed by atoms with Crippen LogP contribution >= 0.6 is 0 Å². The van der Waals surface area contributed by atoms with E-state index in [1.807, 2.05) is 0 Å². The Morgan fingerprint density at radius 1 is 1.12 bits per heavy atom. The minimum absolute atomic E-state index is 0.786. The summed E-state index contributed by atoms with van der Waals surface area (Å²) in [6, 6.07) is 0.793. The summed E-state index contributed by atoms with van der Waals surface area (Å²) in [6.07, 6.45) is 14.1. The Kier molecular flexibility index (Phi) is 4.07. The summed E-state index contributed by atoms with van der Waals surface area (Å²) in [5.41, 5.74) is 2.21. The number of rotatable bonds is 3. The lowest BCUT2D eigenvalue weighted by atomic mass is 9.71. The Morgan fingerprint density at radius 2 is 1.75 bits per heavy atom. The highest BCUT2D eigenvalue weighted by molar-refractivity contribution is 4.96. The summed E-state index contributed by atoms with van der Waals surface area (Å²) in [6.45, 7) is 5.42. The number of allylic oxidation sites excluding steroid dienone is 1. The normalized spacial score (nSPS) is 24.9. The molecule has 2 saturated carbocycles. The fourth-order valence-corrected chi connectivity index (χ4v) is 3.49. The van der Waals surface area contributed by atoms with Crippen molar-refractivity contribution in [3.63, 3.8) is 0 Å². The molecule has 0 heterocycles. The van der Waals surface area contributed by atoms with Crippen molar-refractivity contribution in [3.8, 4) is 0 Å². The average Bonchev–Trinajstić information content (AvgIpc) is 2.70. The number of hydrogen-bond donors (Lipinski definition) is 1. The van der Waals surface area contributed by atoms with Crippen molar-refractivity contribution < 1.29 is 0 Å². The minimum Gasteiger partial charge on any atom is -0.311 e. The molecule has 92 valence electrons. The summed E-state index contributed by atoms with van der Waals surface area (Å²) in [7, 11) is 0. The third kappa shape index (κ3) is 3.10. The molecule has 0 aromatic carbocycles. The van der Waals surface area contributed by atoms with E-state index in [-0.39, 0.29) is 0 Å². The molecule has 2 fully saturated rings. The molecule has 0 aliphatic heterocycles. The van der Waals surface area contributed by atoms with Crippen molar-refractivity contribution >= 4 is 0 Å². The number of hydrogen-bond acceptors (Lipinski definition) is 1. The van der Waals surface area contributed by atoms with Crippen LogP contribution in [0.3, 0.4) is 0 Å². The molecule has 1 N–H and O–H groups in total. The lowest BCUT2D eigenvalue weighted by molar-refractivity contribution is 0.170. The average molecular weight is 221 g/mol. The fraction of sp³-hybridized carbons (Fsp3) is 0.867. The van der Waals surface area contributed by atoms with Crippen LogP contribution in [0.4, 0.5) is 0 Å². The van der Waals surface area contributed by atoms with Crippen molar-refractivity contribution in [2.24, 2.45) is 5.41 Å². The summed E-state index contributed by atoms with van der Waals surface area (Å²) in [5, 5.41) is 3.68. The smallest absolute Gasteiger partial charge is 0.0139 e. The van der Waals surface area contributed by atoms with Crippen LogP contribution in [0.25, 0.3) is 0 Å². The zero-order chi connectivity index (χ0) is 11.4. The second-order valence-corrected chi connectivity index (χ2v) is 6.17. The van der Waals surface area contributed by atoms with Gasteiger partial charge in [-0.2, -0.15) is 0 Å². The maximum Gasteiger partial charge on any atom is 0.0139 e. The van der Waals surface area contributed by atoms with Gasteiger partial charge in [-0.25, -0.2) is 0 Å². The quantitative estimate of drug-likeness (QED) is 0.709. The van der Waals surface area contributed by atoms with Crippen LogP contribution < -0.4 is 5.32 Å². The Hall–Kier alpha value is -0.300. The number of nitrogens with one attached hydrogen (secondary N) is 1. The molecular weight excluding hydrogens is 194 g/mol. The first-order chi connectivity index (χ1) is 7.70. The van der Waals surface area contributed by atoms with Crippen LogP contribution in [0.2, 0.25) is 0 Å². The summed E-state index contributed by atoms with van der Waals surface area (Å²) in [4.78, 5) is 0. The van der Waals surface area contributed by atoms with Gasteiger partial charge in [-0.15, -0.1) is 0 Å². The molecule has 2 rings (SSSR count). The van der Waals surface area contributed by atoms with Crippen LogP contribution in [-0.4, -0.2) is 12.6 Å². The van der Waals surface area contributed by atoms with Crippen LogP contribution in [0.15, 0.2) is 11.6 Å². The second-order valence-electron chi connectivity index (χ2n) is 6.17. The van der Waals surface area contributed by atoms with E-state index in [1.165, 1.54) is 56.9 Å². The molecule has 0 atom stereocenters. The molecule has 1 nitrogen and oxygen atoms in total. The van der Waals surface area contributed by atoms with Gasteiger partial charge in [0.25, 0.3) is 0 Å². The Bertz CT molecular complexity index is 234. The van der Waals surface area contributed by atoms with E-state index in [1.54, 1.807) is 0 Å². The topological polar surface area (TPSA) is 12.0 Å². The van der Waals surface area contributed by atoms with E-state index in [4.69, 9.17) is 0 Å². The first kappa shape index (κ1) is 12.2. The molecule has 1 heteroatoms. The summed E-state index contributed by atoms with van der Waals surface area (Å²) in [5.74, 6) is 0. The molecule has 2 aliphatic carbocycles. The van der Waals surface area contributed by atoms with Gasteiger partial charge in [-0.1, -0.05) is 24.5 Å². The van der Waals surface area contributed by atoms with Crippen molar-refractivity contribution in [2.45, 2.75) is 71.3 Å². The van der Waals surface area contributed by atoms with Gasteiger partial charge >= 0.3 is 0 Å². The lowest BCUT2D eigenvalue weighted by Crippen LogP contribution is -2.36. The second kappa shape index (κ2) is 5.35. The molecule has 0 bridgehead atoms. The fourth-order valence-electron chi connectivity index (χ4n) is 3.49. The molecule has 0 aromatic rings. The van der Waals surface area contributed by atoms with E-state index in [9.17, 15) is 0 Å². The maximum atomic E-state index is 3.68. The van der Waals surface area contributed by atoms with E-state index in [2.05, 4.69) is 25.2 Å². The van der Waals surface area contributed by atoms with Crippen molar-refractivity contribution in [3.05, 3.63) is 11.6 Å². The zero-order valence-corrected chi connectivity index (χ0v) is 11.0. The van der Waals surface area contributed by atoms with Gasteiger partial charge in [0.15, 0.2) is 0 Å². The highest BCUT2D eigenvalue weighted by atomic mass is 14.9. The van der Waals surface area contributed by atoms with Gasteiger partial charge in [0.1, 0.15) is 0 Å². The highest BCUT2D eigenvalue weighted by Crippen LogP contribution is 2.48. The first-order valence-corrected chi connectivity index (χ1v) is 7.07. The molecular formula is C15H27N. The van der Waals surface area contributed by atoms with E-state index < -0.39 is 0 Å². The molecule has 16 heavy (non-hydrogen) atoms. The molecule has 0 saturated heterocycles. The van der Waals surface area contributed by atoms with E-state index >= 15 is 0 Å². The van der Waals surface area contributed by atoms with Crippen LogP contribution in [0, 0.1) is 5.41 Å². The Labute approximate surface area is 101 Å². The van der Waals surface area contributed by atoms with Gasteiger partial charge < -0.3 is 5.32 Å². The van der Waals surface area contributed by atoms with Crippen molar-refractivity contribution in [2.75, 3.05) is 6.54 Å². The minimum atomic E-state index is 0.786. The van der Waals surface area contributed by atoms with Gasteiger partial charge in [0.2, 0.25) is 0 Å². The van der Waals surface area contributed by atoms with Crippen LogP contribution in [0.1, 0.15) is 65.2 Å². The third-order valence-corrected chi connectivity index (χ3v) is 4.63. The largest absolute Gasteiger partial charge is 0.311 e. The monoisotopic (exact) mass is 221 g/mol. The molecule has 2 aliphatic rings. The maximum absolute atomic E-state index is 3.68. The standard InChI is InChI=1S/C15H27N/c1-13(2)7-12-16-14-5-10-15(11-6-14)8-3-4-9-15/h7,14,16H,3-6,8-12H2,1-2H3. The molecule has 0 amide bonds. The van der Waals surface area contributed by atoms with Crippen molar-refractivity contribution in [1.29, 1.82) is 0 Å². The summed E-state index contributed by atoms with van der Waals surface area (Å²) >= 11 is 0. The third-order valence-electron chi connectivity index (χ3n) is 4.63. The predicted molar refractivity (Wildman–Crippen MR) is 70.6 cm³/mol. The van der Waals surface area contributed by atoms with Crippen LogP contribution in [-0.2, 0) is 0 Å². The van der Waals surface area contributed by atoms with Gasteiger partial charge in [0.05, 0.1) is 0 Å². The Balaban J connectivity index is 1.71. The van der Waals surface area contributed by atoms with Gasteiger partial charge in [0, 0.05) is 12.6 Å². The van der Waals surface area contributed by atoms with Gasteiger partial charge in [-0.05, 0) is 57.8 Å². The zero-order valence-electron chi connectivity index (χ0n) is 11.0. The van der Waals surface area contributed by atoms with Crippen LogP contribution in [0.5, 0.6) is 0 Å². The molecule has 0 radical (unpaired) electrons. The van der Waals surface area contributed by atoms with Gasteiger partial charge in [-0.3, -0.25) is 0 Å². The molecule has 0 aromatic heterocycles. The molecule has 0 unspecified atom stereocenters. The Morgan fingerprint density at radius 3 is 2.31 bits per heavy atom. The highest BCUT2D eigenvalue weighted by Gasteiger charge is 2.37. The summed E-state index contributed by atoms with van der Waals surface area (Å²) < 4.78 is 0. The van der Waals surface area contributed by atoms with E-state index in [0.717, 1.165) is 18.0 Å². The molecule has 1 spiro atoms. The van der Waals surface area contributed by atoms with E-state index in [0.29, 0.717) is 0 Å². The SMILES string of the molecule is CC(C)=CCNC1CCC2(CCCC2)CC1. The predicted octanol–water partition coefficient (Wildman–Crippen LogP) is 4.05. The first-order valence-electron chi connectivity index (χ1n) is 7.07.